The number of carbonyl (C=O) groups excluding carboxylic acids is 2. The van der Waals surface area contributed by atoms with Crippen LogP contribution in [-0.2, 0) is 14.3 Å². The Morgan fingerprint density at radius 2 is 1.96 bits per heavy atom. The summed E-state index contributed by atoms with van der Waals surface area (Å²) >= 11 is 7.24. The van der Waals surface area contributed by atoms with Crippen molar-refractivity contribution in [2.75, 3.05) is 0 Å². The molecule has 4 aliphatic carbocycles. The molecule has 0 bridgehead atoms. The van der Waals surface area contributed by atoms with Crippen LogP contribution >= 0.6 is 11.6 Å². The minimum absolute atomic E-state index is 0.0498. The maximum atomic E-state index is 15.8. The number of fused-ring (bicyclic) bond motifs is 5. The van der Waals surface area contributed by atoms with Crippen molar-refractivity contribution >= 4 is 23.4 Å². The summed E-state index contributed by atoms with van der Waals surface area (Å²) in [6, 6.07) is 0. The molecule has 0 aromatic rings. The van der Waals surface area contributed by atoms with Crippen LogP contribution in [0.1, 0.15) is 65.7 Å². The maximum absolute atomic E-state index is 15.8. The summed E-state index contributed by atoms with van der Waals surface area (Å²) in [6.45, 7) is 5.58. The zero-order chi connectivity index (χ0) is 18.9. The molecule has 4 rings (SSSR count). The van der Waals surface area contributed by atoms with Crippen molar-refractivity contribution in [2.45, 2.75) is 82.9 Å². The molecule has 0 N–H and O–H groups in total. The van der Waals surface area contributed by atoms with Crippen LogP contribution < -0.4 is 0 Å². The lowest BCUT2D eigenvalue weighted by molar-refractivity contribution is -0.160. The number of ether oxygens (including phenoxy) is 1. The van der Waals surface area contributed by atoms with E-state index in [9.17, 15) is 9.59 Å². The zero-order valence-corrected chi connectivity index (χ0v) is 16.6. The minimum Gasteiger partial charge on any atom is -0.462 e. The maximum Gasteiger partial charge on any atom is 0.302 e. The fourth-order valence-electron chi connectivity index (χ4n) is 6.85. The molecule has 5 heteroatoms. The van der Waals surface area contributed by atoms with Crippen molar-refractivity contribution in [3.05, 3.63) is 11.6 Å². The smallest absolute Gasteiger partial charge is 0.302 e. The molecule has 0 radical (unpaired) electrons. The Labute approximate surface area is 159 Å². The van der Waals surface area contributed by atoms with E-state index >= 15 is 4.39 Å². The Bertz CT molecular complexity index is 691. The number of carbonyl (C=O) groups is 2. The van der Waals surface area contributed by atoms with Gasteiger partial charge in [0.05, 0.1) is 4.87 Å². The van der Waals surface area contributed by atoms with Crippen molar-refractivity contribution in [2.24, 2.45) is 22.7 Å². The normalized spacial score (nSPS) is 50.3. The quantitative estimate of drug-likeness (QED) is 0.485. The van der Waals surface area contributed by atoms with E-state index in [-0.39, 0.29) is 35.1 Å². The number of hydrogen-bond acceptors (Lipinski definition) is 3. The number of esters is 1. The predicted molar refractivity (Wildman–Crippen MR) is 97.6 cm³/mol. The lowest BCUT2D eigenvalue weighted by atomic mass is 9.46. The van der Waals surface area contributed by atoms with Gasteiger partial charge in [-0.15, -0.1) is 11.6 Å². The van der Waals surface area contributed by atoms with Gasteiger partial charge in [0.1, 0.15) is 12.3 Å². The van der Waals surface area contributed by atoms with Crippen molar-refractivity contribution in [3.63, 3.8) is 0 Å². The summed E-state index contributed by atoms with van der Waals surface area (Å²) in [7, 11) is 0. The van der Waals surface area contributed by atoms with E-state index in [0.717, 1.165) is 31.3 Å². The largest absolute Gasteiger partial charge is 0.462 e. The van der Waals surface area contributed by atoms with Gasteiger partial charge in [0.15, 0.2) is 5.78 Å². The topological polar surface area (TPSA) is 43.4 Å². The number of hydrogen-bond donors (Lipinski definition) is 0. The Balaban J connectivity index is 1.74. The molecule has 0 aromatic carbocycles. The second-order valence-electron chi connectivity index (χ2n) is 9.34. The van der Waals surface area contributed by atoms with E-state index in [4.69, 9.17) is 16.3 Å². The molecule has 0 saturated heterocycles. The Hall–Kier alpha value is -0.900. The number of halogens is 2. The second kappa shape index (κ2) is 5.80. The Kier molecular flexibility index (Phi) is 4.12. The SMILES string of the molecule is CC(=O)O[C@H]1CC[C@H]2[C@@H]3CCC4=CC(=O)CC[C@]4(C)C3(Cl)[C@@H](F)C[C@]12C. The molecule has 144 valence electrons. The van der Waals surface area contributed by atoms with Crippen molar-refractivity contribution in [1.29, 1.82) is 0 Å². The first-order valence-corrected chi connectivity index (χ1v) is 10.2. The van der Waals surface area contributed by atoms with E-state index in [0.29, 0.717) is 19.3 Å². The van der Waals surface area contributed by atoms with Gasteiger partial charge in [0, 0.05) is 24.2 Å². The Morgan fingerprint density at radius 3 is 2.65 bits per heavy atom. The van der Waals surface area contributed by atoms with Crippen LogP contribution in [0.4, 0.5) is 4.39 Å². The fraction of sp³-hybridized carbons (Fsp3) is 0.810. The number of alkyl halides is 2. The van der Waals surface area contributed by atoms with Gasteiger partial charge in [-0.1, -0.05) is 19.4 Å². The molecular formula is C21H28ClFO3. The highest BCUT2D eigenvalue weighted by Gasteiger charge is 2.70. The van der Waals surface area contributed by atoms with E-state index < -0.39 is 16.5 Å². The molecule has 0 amide bonds. The second-order valence-corrected chi connectivity index (χ2v) is 9.97. The lowest BCUT2D eigenvalue weighted by Crippen LogP contribution is -2.65. The summed E-state index contributed by atoms with van der Waals surface area (Å²) in [4.78, 5) is 22.5. The number of ketones is 1. The monoisotopic (exact) mass is 382 g/mol. The summed E-state index contributed by atoms with van der Waals surface area (Å²) < 4.78 is 21.4. The average Bonchev–Trinajstić information content (AvgIpc) is 2.86. The van der Waals surface area contributed by atoms with Gasteiger partial charge in [0.25, 0.3) is 0 Å². The van der Waals surface area contributed by atoms with Crippen LogP contribution in [0.25, 0.3) is 0 Å². The molecule has 7 atom stereocenters. The average molecular weight is 383 g/mol. The van der Waals surface area contributed by atoms with E-state index in [2.05, 4.69) is 13.8 Å². The fourth-order valence-corrected chi connectivity index (χ4v) is 7.40. The molecule has 0 aliphatic heterocycles. The molecule has 3 fully saturated rings. The van der Waals surface area contributed by atoms with Crippen LogP contribution in [0.3, 0.4) is 0 Å². The third kappa shape index (κ3) is 2.23. The first-order valence-electron chi connectivity index (χ1n) is 9.87. The lowest BCUT2D eigenvalue weighted by Gasteiger charge is -2.63. The van der Waals surface area contributed by atoms with Gasteiger partial charge >= 0.3 is 5.97 Å². The number of allylic oxidation sites excluding steroid dienone is 1. The predicted octanol–water partition coefficient (Wildman–Crippen LogP) is 4.76. The van der Waals surface area contributed by atoms with Crippen LogP contribution in [0.15, 0.2) is 11.6 Å². The van der Waals surface area contributed by atoms with Gasteiger partial charge in [0.2, 0.25) is 0 Å². The molecular weight excluding hydrogens is 355 g/mol. The first-order chi connectivity index (χ1) is 12.1. The highest BCUT2D eigenvalue weighted by molar-refractivity contribution is 6.26. The van der Waals surface area contributed by atoms with Gasteiger partial charge in [-0.2, -0.15) is 0 Å². The molecule has 0 heterocycles. The number of rotatable bonds is 1. The van der Waals surface area contributed by atoms with Gasteiger partial charge in [-0.25, -0.2) is 4.39 Å². The van der Waals surface area contributed by atoms with Gasteiger partial charge in [-0.05, 0) is 56.4 Å². The van der Waals surface area contributed by atoms with Gasteiger partial charge < -0.3 is 4.74 Å². The summed E-state index contributed by atoms with van der Waals surface area (Å²) in [6.07, 6.45) is 5.09. The van der Waals surface area contributed by atoms with Crippen molar-refractivity contribution < 1.29 is 18.7 Å². The summed E-state index contributed by atoms with van der Waals surface area (Å²) in [5.41, 5.74) is 0.225. The van der Waals surface area contributed by atoms with E-state index in [1.165, 1.54) is 6.92 Å². The summed E-state index contributed by atoms with van der Waals surface area (Å²) in [5.74, 6) is 0.158. The molecule has 3 saturated carbocycles. The molecule has 0 aromatic heterocycles. The standard InChI is InChI=1S/C21H28ClFO3/c1-12(24)26-18-7-6-15-16-5-4-13-10-14(25)8-9-20(13,3)21(16,22)17(23)11-19(15,18)2/h10,15-18H,4-9,11H2,1-3H3/t15-,16-,17-,18-,19-,20-,21?/m0/s1. The molecule has 3 nitrogen and oxygen atoms in total. The third-order valence-electron chi connectivity index (χ3n) is 8.22. The van der Waals surface area contributed by atoms with Crippen LogP contribution in [0, 0.1) is 22.7 Å². The zero-order valence-electron chi connectivity index (χ0n) is 15.8. The van der Waals surface area contributed by atoms with Crippen LogP contribution in [0.5, 0.6) is 0 Å². The highest BCUT2D eigenvalue weighted by atomic mass is 35.5. The minimum atomic E-state index is -1.17. The van der Waals surface area contributed by atoms with Gasteiger partial charge in [-0.3, -0.25) is 9.59 Å². The highest BCUT2D eigenvalue weighted by Crippen LogP contribution is 2.70. The molecule has 4 aliphatic rings. The van der Waals surface area contributed by atoms with E-state index in [1.54, 1.807) is 6.08 Å². The molecule has 1 unspecified atom stereocenters. The molecule has 0 spiro atoms. The molecule has 26 heavy (non-hydrogen) atoms. The van der Waals surface area contributed by atoms with Crippen molar-refractivity contribution in [3.8, 4) is 0 Å². The summed E-state index contributed by atoms with van der Waals surface area (Å²) in [5, 5.41) is 0. The first kappa shape index (κ1) is 18.5. The third-order valence-corrected chi connectivity index (χ3v) is 9.15. The van der Waals surface area contributed by atoms with E-state index in [1.807, 2.05) is 0 Å². The van der Waals surface area contributed by atoms with Crippen molar-refractivity contribution in [1.82, 2.24) is 0 Å². The van der Waals surface area contributed by atoms with Crippen LogP contribution in [0.2, 0.25) is 0 Å². The Morgan fingerprint density at radius 1 is 1.23 bits per heavy atom. The van der Waals surface area contributed by atoms with Crippen LogP contribution in [-0.4, -0.2) is 28.9 Å².